The van der Waals surface area contributed by atoms with E-state index in [0.29, 0.717) is 21.0 Å². The molecule has 2 aromatic carbocycles. The Morgan fingerprint density at radius 2 is 1.86 bits per heavy atom. The van der Waals surface area contributed by atoms with Gasteiger partial charge in [0.05, 0.1) is 5.02 Å². The molecule has 0 bridgehead atoms. The second-order valence-electron chi connectivity index (χ2n) is 4.51. The number of rotatable bonds is 4. The third-order valence-corrected chi connectivity index (χ3v) is 4.93. The summed E-state index contributed by atoms with van der Waals surface area (Å²) in [5.41, 5.74) is 2.00. The molecule has 0 fully saturated rings. The molecule has 0 saturated carbocycles. The standard InChI is InChI=1S/C15H10BrCl2N3S/c16-10-3-1-9(2-4-10)8-22-15-19-14(20-21-15)12-6-5-11(17)7-13(12)18/h1-7H,8H2,(H,19,20,21). The SMILES string of the molecule is Clc1ccc(-c2nc(SCc3ccc(Br)cc3)n[nH]2)c(Cl)c1. The monoisotopic (exact) mass is 413 g/mol. The molecule has 0 saturated heterocycles. The van der Waals surface area contributed by atoms with Crippen LogP contribution in [0.1, 0.15) is 5.56 Å². The molecule has 0 amide bonds. The molecule has 3 nitrogen and oxygen atoms in total. The quantitative estimate of drug-likeness (QED) is 0.545. The van der Waals surface area contributed by atoms with Gasteiger partial charge in [-0.1, -0.05) is 63.0 Å². The van der Waals surface area contributed by atoms with Gasteiger partial charge in [0.1, 0.15) is 0 Å². The Balaban J connectivity index is 1.72. The fourth-order valence-corrected chi connectivity index (χ4v) is 3.36. The average molecular weight is 415 g/mol. The van der Waals surface area contributed by atoms with Crippen molar-refractivity contribution in [3.63, 3.8) is 0 Å². The number of H-pyrrole nitrogens is 1. The summed E-state index contributed by atoms with van der Waals surface area (Å²) in [6, 6.07) is 13.5. The maximum Gasteiger partial charge on any atom is 0.209 e. The molecule has 0 atom stereocenters. The number of hydrogen-bond acceptors (Lipinski definition) is 3. The van der Waals surface area contributed by atoms with Crippen LogP contribution in [0.25, 0.3) is 11.4 Å². The van der Waals surface area contributed by atoms with Crippen molar-refractivity contribution in [3.05, 3.63) is 62.5 Å². The van der Waals surface area contributed by atoms with Gasteiger partial charge in [-0.3, -0.25) is 5.10 Å². The van der Waals surface area contributed by atoms with E-state index in [2.05, 4.69) is 43.2 Å². The van der Waals surface area contributed by atoms with Gasteiger partial charge in [0.15, 0.2) is 5.82 Å². The highest BCUT2D eigenvalue weighted by atomic mass is 79.9. The van der Waals surface area contributed by atoms with E-state index in [4.69, 9.17) is 23.2 Å². The number of benzene rings is 2. The van der Waals surface area contributed by atoms with E-state index < -0.39 is 0 Å². The van der Waals surface area contributed by atoms with Crippen LogP contribution in [0.5, 0.6) is 0 Å². The number of nitrogens with one attached hydrogen (secondary N) is 1. The summed E-state index contributed by atoms with van der Waals surface area (Å²) in [7, 11) is 0. The zero-order chi connectivity index (χ0) is 15.5. The fourth-order valence-electron chi connectivity index (χ4n) is 1.84. The molecule has 7 heteroatoms. The van der Waals surface area contributed by atoms with E-state index in [0.717, 1.165) is 15.8 Å². The van der Waals surface area contributed by atoms with Crippen molar-refractivity contribution in [2.24, 2.45) is 0 Å². The Bertz CT molecular complexity index is 790. The van der Waals surface area contributed by atoms with Crippen LogP contribution < -0.4 is 0 Å². The molecule has 1 N–H and O–H groups in total. The molecule has 3 rings (SSSR count). The Morgan fingerprint density at radius 1 is 1.09 bits per heavy atom. The summed E-state index contributed by atoms with van der Waals surface area (Å²) in [5, 5.41) is 8.95. The van der Waals surface area contributed by atoms with Gasteiger partial charge in [-0.05, 0) is 35.9 Å². The van der Waals surface area contributed by atoms with Gasteiger partial charge in [-0.2, -0.15) is 0 Å². The first-order valence-electron chi connectivity index (χ1n) is 6.37. The molecule has 0 spiro atoms. The fraction of sp³-hybridized carbons (Fsp3) is 0.0667. The number of nitrogens with zero attached hydrogens (tertiary/aromatic N) is 2. The van der Waals surface area contributed by atoms with E-state index in [9.17, 15) is 0 Å². The largest absolute Gasteiger partial charge is 0.258 e. The summed E-state index contributed by atoms with van der Waals surface area (Å²) in [4.78, 5) is 4.46. The lowest BCUT2D eigenvalue weighted by Crippen LogP contribution is -1.83. The van der Waals surface area contributed by atoms with Crippen molar-refractivity contribution in [1.29, 1.82) is 0 Å². The topological polar surface area (TPSA) is 41.6 Å². The number of aromatic amines is 1. The van der Waals surface area contributed by atoms with Gasteiger partial charge in [-0.15, -0.1) is 5.10 Å². The minimum absolute atomic E-state index is 0.549. The van der Waals surface area contributed by atoms with Crippen LogP contribution in [0.2, 0.25) is 10.0 Å². The third-order valence-electron chi connectivity index (χ3n) is 2.93. The highest BCUT2D eigenvalue weighted by Gasteiger charge is 2.10. The summed E-state index contributed by atoms with van der Waals surface area (Å²) < 4.78 is 1.07. The Kier molecular flexibility index (Phi) is 5.08. The minimum Gasteiger partial charge on any atom is -0.258 e. The van der Waals surface area contributed by atoms with Crippen LogP contribution in [0, 0.1) is 0 Å². The molecule has 1 aromatic heterocycles. The van der Waals surface area contributed by atoms with Crippen LogP contribution in [0.4, 0.5) is 0 Å². The molecular weight excluding hydrogens is 405 g/mol. The second-order valence-corrected chi connectivity index (χ2v) is 7.21. The molecule has 0 aliphatic rings. The summed E-state index contributed by atoms with van der Waals surface area (Å²) in [6.07, 6.45) is 0. The number of thioether (sulfide) groups is 1. The van der Waals surface area contributed by atoms with E-state index in [1.54, 1.807) is 23.9 Å². The van der Waals surface area contributed by atoms with Gasteiger partial charge < -0.3 is 0 Å². The van der Waals surface area contributed by atoms with E-state index >= 15 is 0 Å². The molecule has 22 heavy (non-hydrogen) atoms. The lowest BCUT2D eigenvalue weighted by molar-refractivity contribution is 0.973. The highest BCUT2D eigenvalue weighted by Crippen LogP contribution is 2.29. The van der Waals surface area contributed by atoms with Crippen molar-refractivity contribution >= 4 is 50.9 Å². The minimum atomic E-state index is 0.549. The zero-order valence-electron chi connectivity index (χ0n) is 11.2. The van der Waals surface area contributed by atoms with Crippen molar-refractivity contribution < 1.29 is 0 Å². The lowest BCUT2D eigenvalue weighted by Gasteiger charge is -2.00. The molecule has 0 aliphatic heterocycles. The summed E-state index contributed by atoms with van der Waals surface area (Å²) in [5.74, 6) is 1.44. The first-order valence-corrected chi connectivity index (χ1v) is 8.90. The van der Waals surface area contributed by atoms with Gasteiger partial charge in [-0.25, -0.2) is 4.98 Å². The normalized spacial score (nSPS) is 10.9. The van der Waals surface area contributed by atoms with Crippen molar-refractivity contribution in [3.8, 4) is 11.4 Å². The van der Waals surface area contributed by atoms with E-state index in [-0.39, 0.29) is 0 Å². The zero-order valence-corrected chi connectivity index (χ0v) is 15.1. The third kappa shape index (κ3) is 3.84. The first kappa shape index (κ1) is 15.9. The van der Waals surface area contributed by atoms with Crippen LogP contribution in [-0.4, -0.2) is 15.2 Å². The van der Waals surface area contributed by atoms with Crippen LogP contribution in [0.3, 0.4) is 0 Å². The maximum absolute atomic E-state index is 6.18. The van der Waals surface area contributed by atoms with Gasteiger partial charge in [0, 0.05) is 20.8 Å². The predicted molar refractivity (Wildman–Crippen MR) is 95.5 cm³/mol. The Morgan fingerprint density at radius 3 is 2.59 bits per heavy atom. The van der Waals surface area contributed by atoms with Crippen molar-refractivity contribution in [2.75, 3.05) is 0 Å². The van der Waals surface area contributed by atoms with Crippen LogP contribution >= 0.6 is 50.9 Å². The lowest BCUT2D eigenvalue weighted by atomic mass is 10.2. The molecule has 112 valence electrons. The predicted octanol–water partition coefficient (Wildman–Crippen LogP) is 5.83. The molecular formula is C15H10BrCl2N3S. The first-order chi connectivity index (χ1) is 10.6. The number of hydrogen-bond donors (Lipinski definition) is 1. The molecule has 0 aliphatic carbocycles. The average Bonchev–Trinajstić information content (AvgIpc) is 2.95. The second kappa shape index (κ2) is 7.04. The molecule has 0 radical (unpaired) electrons. The van der Waals surface area contributed by atoms with Crippen molar-refractivity contribution in [1.82, 2.24) is 15.2 Å². The highest BCUT2D eigenvalue weighted by molar-refractivity contribution is 9.10. The van der Waals surface area contributed by atoms with E-state index in [1.165, 1.54) is 5.56 Å². The molecule has 1 heterocycles. The van der Waals surface area contributed by atoms with E-state index in [1.807, 2.05) is 18.2 Å². The summed E-state index contributed by atoms with van der Waals surface area (Å²) >= 11 is 17.1. The van der Waals surface area contributed by atoms with Crippen molar-refractivity contribution in [2.45, 2.75) is 10.9 Å². The maximum atomic E-state index is 6.18. The Hall–Kier alpha value is -1.01. The number of halogens is 3. The molecule has 3 aromatic rings. The van der Waals surface area contributed by atoms with Gasteiger partial charge in [0.25, 0.3) is 0 Å². The number of aromatic nitrogens is 3. The molecule has 0 unspecified atom stereocenters. The smallest absolute Gasteiger partial charge is 0.209 e. The Labute approximate surface area is 150 Å². The van der Waals surface area contributed by atoms with Crippen LogP contribution in [0.15, 0.2) is 52.1 Å². The van der Waals surface area contributed by atoms with Gasteiger partial charge >= 0.3 is 0 Å². The van der Waals surface area contributed by atoms with Crippen LogP contribution in [-0.2, 0) is 5.75 Å². The van der Waals surface area contributed by atoms with Gasteiger partial charge in [0.2, 0.25) is 5.16 Å². The summed E-state index contributed by atoms with van der Waals surface area (Å²) in [6.45, 7) is 0.